The number of hydrogen-bond acceptors (Lipinski definition) is 3. The van der Waals surface area contributed by atoms with Crippen molar-refractivity contribution in [2.45, 2.75) is 0 Å². The Morgan fingerprint density at radius 2 is 0.695 bits per heavy atom. The Hall–Kier alpha value is -7.88. The SMILES string of the molecule is c1ccc(-c2oc(-c3cccc(N(c4ccc(N(c5ccccc5)c5ccccc5)cc4)c4cccc5c4ccc4c6ccccc6ccc54)c3)c3ccccc23)cc1. The number of fused-ring (bicyclic) bond motifs is 6. The van der Waals surface area contributed by atoms with Crippen molar-refractivity contribution in [2.24, 2.45) is 0 Å². The molecule has 0 aliphatic rings. The predicted molar refractivity (Wildman–Crippen MR) is 249 cm³/mol. The highest BCUT2D eigenvalue weighted by Crippen LogP contribution is 2.45. The first kappa shape index (κ1) is 34.4. The van der Waals surface area contributed by atoms with Gasteiger partial charge in [0.15, 0.2) is 0 Å². The molecule has 0 fully saturated rings. The van der Waals surface area contributed by atoms with Gasteiger partial charge in [-0.05, 0) is 93.7 Å². The number of rotatable bonds is 8. The Morgan fingerprint density at radius 3 is 1.39 bits per heavy atom. The third-order valence-corrected chi connectivity index (χ3v) is 11.4. The summed E-state index contributed by atoms with van der Waals surface area (Å²) in [6, 6.07) is 82.1. The van der Waals surface area contributed by atoms with E-state index in [1.807, 2.05) is 6.07 Å². The summed E-state index contributed by atoms with van der Waals surface area (Å²) in [6.45, 7) is 0. The van der Waals surface area contributed by atoms with Crippen molar-refractivity contribution in [3.05, 3.63) is 231 Å². The van der Waals surface area contributed by atoms with Crippen molar-refractivity contribution in [3.8, 4) is 22.6 Å². The molecule has 0 aliphatic carbocycles. The first-order valence-corrected chi connectivity index (χ1v) is 20.1. The summed E-state index contributed by atoms with van der Waals surface area (Å²) in [7, 11) is 0. The smallest absolute Gasteiger partial charge is 0.142 e. The third kappa shape index (κ3) is 6.08. The standard InChI is InChI=1S/C56H38N2O/c1-4-17-40(18-5-1)55-52-26-12-13-27-53(52)56(59-55)41-19-14-24-46(38-41)58(45-33-31-44(32-34-45)57(42-20-6-2-7-21-42)43-22-8-3-9-23-43)54-29-15-28-48-50-35-30-39-16-10-11-25-47(39)49(50)36-37-51(48)54/h1-38H. The maximum atomic E-state index is 6.84. The highest BCUT2D eigenvalue weighted by Gasteiger charge is 2.21. The van der Waals surface area contributed by atoms with Gasteiger partial charge in [-0.15, -0.1) is 0 Å². The quantitative estimate of drug-likeness (QED) is 0.144. The van der Waals surface area contributed by atoms with E-state index >= 15 is 0 Å². The lowest BCUT2D eigenvalue weighted by Crippen LogP contribution is -2.12. The van der Waals surface area contributed by atoms with Crippen LogP contribution in [0.5, 0.6) is 0 Å². The zero-order chi connectivity index (χ0) is 39.1. The summed E-state index contributed by atoms with van der Waals surface area (Å²) in [5.41, 5.74) is 8.53. The molecule has 3 nitrogen and oxygen atoms in total. The van der Waals surface area contributed by atoms with E-state index in [2.05, 4.69) is 234 Å². The van der Waals surface area contributed by atoms with Crippen LogP contribution >= 0.6 is 0 Å². The minimum absolute atomic E-state index is 0.855. The number of benzene rings is 10. The Balaban J connectivity index is 1.10. The molecule has 0 spiro atoms. The van der Waals surface area contributed by atoms with E-state index in [9.17, 15) is 0 Å². The molecule has 11 aromatic rings. The Morgan fingerprint density at radius 1 is 0.254 bits per heavy atom. The molecule has 1 heterocycles. The Kier molecular flexibility index (Phi) is 8.49. The van der Waals surface area contributed by atoms with Crippen molar-refractivity contribution >= 4 is 77.2 Å². The van der Waals surface area contributed by atoms with Gasteiger partial charge in [0.25, 0.3) is 0 Å². The lowest BCUT2D eigenvalue weighted by Gasteiger charge is -2.29. The molecule has 0 saturated carbocycles. The number of anilines is 6. The fourth-order valence-corrected chi connectivity index (χ4v) is 8.71. The topological polar surface area (TPSA) is 19.6 Å². The number of nitrogens with zero attached hydrogens (tertiary/aromatic N) is 2. The van der Waals surface area contributed by atoms with Gasteiger partial charge in [0.1, 0.15) is 11.5 Å². The van der Waals surface area contributed by atoms with Gasteiger partial charge in [-0.2, -0.15) is 0 Å². The molecule has 0 atom stereocenters. The van der Waals surface area contributed by atoms with Crippen LogP contribution in [0.3, 0.4) is 0 Å². The lowest BCUT2D eigenvalue weighted by atomic mass is 9.96. The van der Waals surface area contributed by atoms with E-state index in [4.69, 9.17) is 4.42 Å². The molecule has 278 valence electrons. The minimum atomic E-state index is 0.855. The van der Waals surface area contributed by atoms with Gasteiger partial charge in [-0.1, -0.05) is 164 Å². The fourth-order valence-electron chi connectivity index (χ4n) is 8.71. The van der Waals surface area contributed by atoms with E-state index in [-0.39, 0.29) is 0 Å². The summed E-state index contributed by atoms with van der Waals surface area (Å²) in [5.74, 6) is 1.73. The van der Waals surface area contributed by atoms with E-state index in [0.717, 1.165) is 67.5 Å². The first-order valence-electron chi connectivity index (χ1n) is 20.1. The van der Waals surface area contributed by atoms with Gasteiger partial charge in [0.2, 0.25) is 0 Å². The molecule has 0 radical (unpaired) electrons. The van der Waals surface area contributed by atoms with E-state index < -0.39 is 0 Å². The van der Waals surface area contributed by atoms with Gasteiger partial charge in [0.05, 0.1) is 5.69 Å². The van der Waals surface area contributed by atoms with Crippen LogP contribution in [0.2, 0.25) is 0 Å². The van der Waals surface area contributed by atoms with Crippen molar-refractivity contribution in [3.63, 3.8) is 0 Å². The Bertz CT molecular complexity index is 3220. The summed E-state index contributed by atoms with van der Waals surface area (Å²) in [6.07, 6.45) is 0. The van der Waals surface area contributed by atoms with E-state index in [1.165, 1.54) is 32.3 Å². The van der Waals surface area contributed by atoms with Gasteiger partial charge in [0, 0.05) is 55.7 Å². The number of hydrogen-bond donors (Lipinski definition) is 0. The molecule has 3 heteroatoms. The zero-order valence-corrected chi connectivity index (χ0v) is 32.2. The second kappa shape index (κ2) is 14.6. The highest BCUT2D eigenvalue weighted by atomic mass is 16.3. The van der Waals surface area contributed by atoms with Gasteiger partial charge < -0.3 is 14.2 Å². The fraction of sp³-hybridized carbons (Fsp3) is 0. The van der Waals surface area contributed by atoms with Crippen LogP contribution in [0.4, 0.5) is 34.1 Å². The van der Waals surface area contributed by atoms with Gasteiger partial charge in [-0.25, -0.2) is 0 Å². The molecule has 0 saturated heterocycles. The third-order valence-electron chi connectivity index (χ3n) is 11.4. The van der Waals surface area contributed by atoms with Crippen molar-refractivity contribution in [1.29, 1.82) is 0 Å². The molecule has 0 aliphatic heterocycles. The number of para-hydroxylation sites is 2. The second-order valence-corrected chi connectivity index (χ2v) is 14.9. The van der Waals surface area contributed by atoms with Crippen LogP contribution in [0, 0.1) is 0 Å². The van der Waals surface area contributed by atoms with Crippen LogP contribution < -0.4 is 9.80 Å². The first-order chi connectivity index (χ1) is 29.3. The van der Waals surface area contributed by atoms with Crippen LogP contribution in [-0.4, -0.2) is 0 Å². The molecule has 59 heavy (non-hydrogen) atoms. The maximum Gasteiger partial charge on any atom is 0.142 e. The number of furan rings is 1. The van der Waals surface area contributed by atoms with Gasteiger partial charge >= 0.3 is 0 Å². The normalized spacial score (nSPS) is 11.4. The van der Waals surface area contributed by atoms with E-state index in [0.29, 0.717) is 0 Å². The largest absolute Gasteiger partial charge is 0.455 e. The highest BCUT2D eigenvalue weighted by molar-refractivity contribution is 6.19. The van der Waals surface area contributed by atoms with Crippen LogP contribution in [0.25, 0.3) is 65.7 Å². The summed E-state index contributed by atoms with van der Waals surface area (Å²) < 4.78 is 6.84. The summed E-state index contributed by atoms with van der Waals surface area (Å²) in [4.78, 5) is 4.69. The Labute approximate surface area is 343 Å². The molecule has 11 rings (SSSR count). The minimum Gasteiger partial charge on any atom is -0.455 e. The zero-order valence-electron chi connectivity index (χ0n) is 32.2. The monoisotopic (exact) mass is 754 g/mol. The average molecular weight is 755 g/mol. The summed E-state index contributed by atoms with van der Waals surface area (Å²) >= 11 is 0. The molecule has 1 aromatic heterocycles. The van der Waals surface area contributed by atoms with Crippen molar-refractivity contribution in [1.82, 2.24) is 0 Å². The van der Waals surface area contributed by atoms with E-state index in [1.54, 1.807) is 0 Å². The maximum absolute atomic E-state index is 6.84. The van der Waals surface area contributed by atoms with Crippen molar-refractivity contribution in [2.75, 3.05) is 9.80 Å². The van der Waals surface area contributed by atoms with Gasteiger partial charge in [-0.3, -0.25) is 0 Å². The van der Waals surface area contributed by atoms with Crippen molar-refractivity contribution < 1.29 is 4.42 Å². The molecule has 10 aromatic carbocycles. The molecule has 0 amide bonds. The summed E-state index contributed by atoms with van der Waals surface area (Å²) in [5, 5.41) is 9.58. The molecule has 0 unspecified atom stereocenters. The van der Waals surface area contributed by atoms with Crippen LogP contribution in [0.1, 0.15) is 0 Å². The lowest BCUT2D eigenvalue weighted by molar-refractivity contribution is 0.602. The molecular formula is C56H38N2O. The van der Waals surface area contributed by atoms with Crippen LogP contribution in [-0.2, 0) is 0 Å². The molecule has 0 N–H and O–H groups in total. The molecular weight excluding hydrogens is 717 g/mol. The molecule has 0 bridgehead atoms. The predicted octanol–water partition coefficient (Wildman–Crippen LogP) is 16.2. The average Bonchev–Trinajstić information content (AvgIpc) is 3.71. The second-order valence-electron chi connectivity index (χ2n) is 14.9. The van der Waals surface area contributed by atoms with Crippen LogP contribution in [0.15, 0.2) is 235 Å².